The molecule has 1 N–H and O–H groups in total. The minimum atomic E-state index is -3.92. The van der Waals surface area contributed by atoms with Crippen molar-refractivity contribution in [3.8, 4) is 0 Å². The summed E-state index contributed by atoms with van der Waals surface area (Å²) in [5.41, 5.74) is 2.92. The molecule has 0 aliphatic rings. The van der Waals surface area contributed by atoms with Crippen molar-refractivity contribution in [1.29, 1.82) is 0 Å². The van der Waals surface area contributed by atoms with E-state index in [0.717, 1.165) is 16.0 Å². The van der Waals surface area contributed by atoms with E-state index in [1.165, 1.54) is 16.4 Å². The Morgan fingerprint density at radius 2 is 1.70 bits per heavy atom. The topological polar surface area (TPSA) is 66.5 Å². The molecule has 0 aliphatic heterocycles. The predicted octanol–water partition coefficient (Wildman–Crippen LogP) is 4.86. The third-order valence-electron chi connectivity index (χ3n) is 4.59. The summed E-state index contributed by atoms with van der Waals surface area (Å²) >= 11 is 1.57. The van der Waals surface area contributed by atoms with E-state index in [0.29, 0.717) is 11.4 Å². The maximum Gasteiger partial charge on any atom is 0.264 e. The maximum absolute atomic E-state index is 13.4. The summed E-state index contributed by atoms with van der Waals surface area (Å²) in [5, 5.41) is 2.81. The fourth-order valence-electron chi connectivity index (χ4n) is 3.14. The van der Waals surface area contributed by atoms with Gasteiger partial charge in [0.05, 0.1) is 10.6 Å². The van der Waals surface area contributed by atoms with Gasteiger partial charge in [0.2, 0.25) is 5.91 Å². The first kappa shape index (κ1) is 21.9. The number of anilines is 2. The van der Waals surface area contributed by atoms with Gasteiger partial charge in [-0.3, -0.25) is 9.10 Å². The van der Waals surface area contributed by atoms with Gasteiger partial charge in [0.25, 0.3) is 10.0 Å². The van der Waals surface area contributed by atoms with E-state index in [1.54, 1.807) is 42.1 Å². The quantitative estimate of drug-likeness (QED) is 0.533. The van der Waals surface area contributed by atoms with Gasteiger partial charge < -0.3 is 5.32 Å². The Hall–Kier alpha value is -2.77. The fourth-order valence-corrected chi connectivity index (χ4v) is 5.10. The monoisotopic (exact) mass is 440 g/mol. The number of benzene rings is 3. The molecule has 0 heterocycles. The molecule has 1 amide bonds. The number of nitrogens with zero attached hydrogens (tertiary/aromatic N) is 1. The zero-order valence-corrected chi connectivity index (χ0v) is 18.8. The lowest BCUT2D eigenvalue weighted by Gasteiger charge is -2.26. The molecule has 0 atom stereocenters. The van der Waals surface area contributed by atoms with Gasteiger partial charge in [-0.05, 0) is 62.1 Å². The molecule has 3 rings (SSSR count). The van der Waals surface area contributed by atoms with Crippen LogP contribution in [0.1, 0.15) is 11.1 Å². The van der Waals surface area contributed by atoms with Gasteiger partial charge in [-0.2, -0.15) is 0 Å². The number of amides is 1. The highest BCUT2D eigenvalue weighted by Gasteiger charge is 2.28. The summed E-state index contributed by atoms with van der Waals surface area (Å²) in [4.78, 5) is 14.0. The number of carbonyl (C=O) groups excluding carboxylic acids is 1. The van der Waals surface area contributed by atoms with Gasteiger partial charge in [0.15, 0.2) is 0 Å². The van der Waals surface area contributed by atoms with Gasteiger partial charge in [0.1, 0.15) is 6.54 Å². The summed E-state index contributed by atoms with van der Waals surface area (Å²) in [6.07, 6.45) is 1.95. The number of sulfonamides is 1. The molecule has 0 aliphatic carbocycles. The zero-order chi connectivity index (χ0) is 21.7. The van der Waals surface area contributed by atoms with Crippen molar-refractivity contribution in [2.75, 3.05) is 22.4 Å². The molecule has 0 saturated carbocycles. The van der Waals surface area contributed by atoms with Crippen LogP contribution >= 0.6 is 11.8 Å². The van der Waals surface area contributed by atoms with E-state index in [2.05, 4.69) is 5.32 Å². The molecule has 156 valence electrons. The minimum Gasteiger partial charge on any atom is -0.324 e. The lowest BCUT2D eigenvalue weighted by molar-refractivity contribution is -0.114. The molecule has 30 heavy (non-hydrogen) atoms. The summed E-state index contributed by atoms with van der Waals surface area (Å²) in [6, 6.07) is 21.1. The second-order valence-electron chi connectivity index (χ2n) is 6.89. The number of aryl methyl sites for hydroxylation is 2. The van der Waals surface area contributed by atoms with Crippen LogP contribution in [0.3, 0.4) is 0 Å². The Labute approximate surface area is 182 Å². The highest BCUT2D eigenvalue weighted by molar-refractivity contribution is 7.98. The number of thioether (sulfide) groups is 1. The number of nitrogens with one attached hydrogen (secondary N) is 1. The van der Waals surface area contributed by atoms with Gasteiger partial charge >= 0.3 is 0 Å². The Balaban J connectivity index is 1.96. The minimum absolute atomic E-state index is 0.141. The van der Waals surface area contributed by atoms with Crippen molar-refractivity contribution in [2.24, 2.45) is 0 Å². The van der Waals surface area contributed by atoms with Gasteiger partial charge in [-0.25, -0.2) is 8.42 Å². The first-order valence-corrected chi connectivity index (χ1v) is 12.1. The van der Waals surface area contributed by atoms with E-state index in [9.17, 15) is 13.2 Å². The first-order valence-electron chi connectivity index (χ1n) is 9.40. The molecule has 0 bridgehead atoms. The lowest BCUT2D eigenvalue weighted by atomic mass is 10.1. The molecular weight excluding hydrogens is 416 g/mol. The van der Waals surface area contributed by atoms with Crippen LogP contribution in [-0.2, 0) is 14.8 Å². The Bertz CT molecular complexity index is 1150. The predicted molar refractivity (Wildman–Crippen MR) is 124 cm³/mol. The Morgan fingerprint density at radius 1 is 0.967 bits per heavy atom. The maximum atomic E-state index is 13.4. The molecule has 0 aromatic heterocycles. The van der Waals surface area contributed by atoms with Crippen molar-refractivity contribution in [3.63, 3.8) is 0 Å². The number of carbonyl (C=O) groups is 1. The smallest absolute Gasteiger partial charge is 0.264 e. The van der Waals surface area contributed by atoms with Crippen molar-refractivity contribution in [3.05, 3.63) is 83.9 Å². The van der Waals surface area contributed by atoms with Crippen molar-refractivity contribution < 1.29 is 13.2 Å². The molecule has 5 nitrogen and oxygen atoms in total. The summed E-state index contributed by atoms with van der Waals surface area (Å²) in [6.45, 7) is 3.46. The van der Waals surface area contributed by atoms with E-state index in [-0.39, 0.29) is 11.4 Å². The van der Waals surface area contributed by atoms with E-state index in [1.807, 2.05) is 50.4 Å². The first-order chi connectivity index (χ1) is 14.3. The van der Waals surface area contributed by atoms with E-state index >= 15 is 0 Å². The average Bonchev–Trinajstić information content (AvgIpc) is 2.73. The van der Waals surface area contributed by atoms with Crippen molar-refractivity contribution >= 4 is 39.1 Å². The van der Waals surface area contributed by atoms with Crippen molar-refractivity contribution in [1.82, 2.24) is 0 Å². The van der Waals surface area contributed by atoms with E-state index < -0.39 is 15.9 Å². The number of hydrogen-bond donors (Lipinski definition) is 1. The van der Waals surface area contributed by atoms with Gasteiger partial charge in [0, 0.05) is 10.6 Å². The Kier molecular flexibility index (Phi) is 6.84. The van der Waals surface area contributed by atoms with Crippen molar-refractivity contribution in [2.45, 2.75) is 23.6 Å². The standard InChI is InChI=1S/C23H24N2O3S2/c1-17-12-13-22(18(2)14-17)25(30(27,28)21-10-5-4-6-11-21)16-23(26)24-19-8-7-9-20(15-19)29-3/h4-15H,16H2,1-3H3,(H,24,26). The molecule has 0 saturated heterocycles. The van der Waals surface area contributed by atoms with Crippen LogP contribution in [0, 0.1) is 13.8 Å². The summed E-state index contributed by atoms with van der Waals surface area (Å²) in [5.74, 6) is -0.410. The molecular formula is C23H24N2O3S2. The summed E-state index contributed by atoms with van der Waals surface area (Å²) in [7, 11) is -3.92. The summed E-state index contributed by atoms with van der Waals surface area (Å²) < 4.78 is 28.0. The highest BCUT2D eigenvalue weighted by atomic mass is 32.2. The molecule has 0 radical (unpaired) electrons. The molecule has 0 unspecified atom stereocenters. The van der Waals surface area contributed by atoms with Crippen LogP contribution in [0.4, 0.5) is 11.4 Å². The highest BCUT2D eigenvalue weighted by Crippen LogP contribution is 2.28. The van der Waals surface area contributed by atoms with Crippen LogP contribution in [-0.4, -0.2) is 27.1 Å². The SMILES string of the molecule is CSc1cccc(NC(=O)CN(c2ccc(C)cc2C)S(=O)(=O)c2ccccc2)c1. The number of rotatable bonds is 7. The third kappa shape index (κ3) is 5.04. The third-order valence-corrected chi connectivity index (χ3v) is 7.09. The molecule has 0 fully saturated rings. The Morgan fingerprint density at radius 3 is 2.37 bits per heavy atom. The number of hydrogen-bond acceptors (Lipinski definition) is 4. The molecule has 3 aromatic rings. The molecule has 7 heteroatoms. The molecule has 0 spiro atoms. The lowest BCUT2D eigenvalue weighted by Crippen LogP contribution is -2.38. The zero-order valence-electron chi connectivity index (χ0n) is 17.1. The largest absolute Gasteiger partial charge is 0.324 e. The van der Waals surface area contributed by atoms with Crippen LogP contribution < -0.4 is 9.62 Å². The normalized spacial score (nSPS) is 11.2. The molecule has 3 aromatic carbocycles. The second kappa shape index (κ2) is 9.36. The van der Waals surface area contributed by atoms with Crippen LogP contribution in [0.5, 0.6) is 0 Å². The van der Waals surface area contributed by atoms with Gasteiger partial charge in [-0.1, -0.05) is 42.0 Å². The fraction of sp³-hybridized carbons (Fsp3) is 0.174. The van der Waals surface area contributed by atoms with Crippen LogP contribution in [0.25, 0.3) is 0 Å². The second-order valence-corrected chi connectivity index (χ2v) is 9.64. The van der Waals surface area contributed by atoms with Crippen LogP contribution in [0.2, 0.25) is 0 Å². The van der Waals surface area contributed by atoms with Crippen LogP contribution in [0.15, 0.2) is 82.6 Å². The van der Waals surface area contributed by atoms with Gasteiger partial charge in [-0.15, -0.1) is 11.8 Å². The van der Waals surface area contributed by atoms with E-state index in [4.69, 9.17) is 0 Å². The average molecular weight is 441 g/mol.